The molecule has 0 aromatic heterocycles. The molecule has 3 fully saturated rings. The average Bonchev–Trinajstić information content (AvgIpc) is 3.13. The Morgan fingerprint density at radius 2 is 2.19 bits per heavy atom. The maximum absolute atomic E-state index is 11.8. The first kappa shape index (κ1) is 14.8. The van der Waals surface area contributed by atoms with Crippen molar-refractivity contribution in [3.05, 3.63) is 12.7 Å². The molecular weight excluding hydrogens is 274 g/mol. The van der Waals surface area contributed by atoms with E-state index in [1.54, 1.807) is 6.08 Å². The molecule has 3 N–H and O–H groups in total. The van der Waals surface area contributed by atoms with Crippen LogP contribution < -0.4 is 10.6 Å². The van der Waals surface area contributed by atoms with Gasteiger partial charge in [-0.1, -0.05) is 6.08 Å². The molecule has 5 atom stereocenters. The summed E-state index contributed by atoms with van der Waals surface area (Å²) in [4.78, 5) is 14.0. The van der Waals surface area contributed by atoms with E-state index in [1.165, 1.54) is 0 Å². The van der Waals surface area contributed by atoms with Crippen LogP contribution in [-0.4, -0.2) is 72.9 Å². The molecule has 5 unspecified atom stereocenters. The topological polar surface area (TPSA) is 83.1 Å². The Balaban J connectivity index is 1.67. The summed E-state index contributed by atoms with van der Waals surface area (Å²) in [6.07, 6.45) is 2.48. The van der Waals surface area contributed by atoms with Crippen LogP contribution in [0.15, 0.2) is 12.7 Å². The SMILES string of the molecule is C=CCNC(=O)NC1C2COC(O2)C(N2CCCC2)C1O. The van der Waals surface area contributed by atoms with Crippen LogP contribution in [0.1, 0.15) is 12.8 Å². The molecule has 2 amide bonds. The van der Waals surface area contributed by atoms with Crippen molar-refractivity contribution in [2.45, 2.75) is 43.4 Å². The number of rotatable bonds is 4. The molecule has 3 aliphatic heterocycles. The zero-order chi connectivity index (χ0) is 14.8. The normalized spacial score (nSPS) is 39.2. The highest BCUT2D eigenvalue weighted by atomic mass is 16.7. The number of ether oxygens (including phenoxy) is 2. The minimum absolute atomic E-state index is 0.212. The average molecular weight is 297 g/mol. The van der Waals surface area contributed by atoms with E-state index in [2.05, 4.69) is 22.1 Å². The largest absolute Gasteiger partial charge is 0.389 e. The third-order valence-corrected chi connectivity index (χ3v) is 4.40. The van der Waals surface area contributed by atoms with Crippen LogP contribution in [0.4, 0.5) is 4.79 Å². The van der Waals surface area contributed by atoms with Gasteiger partial charge in [0, 0.05) is 6.54 Å². The van der Waals surface area contributed by atoms with Gasteiger partial charge >= 0.3 is 6.03 Å². The third-order valence-electron chi connectivity index (χ3n) is 4.40. The van der Waals surface area contributed by atoms with Gasteiger partial charge in [-0.05, 0) is 25.9 Å². The fourth-order valence-corrected chi connectivity index (χ4v) is 3.37. The first-order valence-electron chi connectivity index (χ1n) is 7.55. The van der Waals surface area contributed by atoms with Crippen LogP contribution in [-0.2, 0) is 9.47 Å². The van der Waals surface area contributed by atoms with Crippen molar-refractivity contribution in [1.29, 1.82) is 0 Å². The molecule has 0 radical (unpaired) electrons. The minimum Gasteiger partial charge on any atom is -0.389 e. The van der Waals surface area contributed by atoms with E-state index in [1.807, 2.05) is 0 Å². The summed E-state index contributed by atoms with van der Waals surface area (Å²) in [6, 6.07) is -0.997. The predicted molar refractivity (Wildman–Crippen MR) is 75.7 cm³/mol. The predicted octanol–water partition coefficient (Wildman–Crippen LogP) is -0.579. The highest BCUT2D eigenvalue weighted by molar-refractivity contribution is 5.74. The molecule has 0 aliphatic carbocycles. The number of hydrogen-bond acceptors (Lipinski definition) is 5. The summed E-state index contributed by atoms with van der Waals surface area (Å²) >= 11 is 0. The lowest BCUT2D eigenvalue weighted by Crippen LogP contribution is -2.65. The highest BCUT2D eigenvalue weighted by Gasteiger charge is 2.52. The molecule has 0 spiro atoms. The van der Waals surface area contributed by atoms with Crippen LogP contribution in [0.5, 0.6) is 0 Å². The van der Waals surface area contributed by atoms with E-state index < -0.39 is 18.4 Å². The number of hydrogen-bond donors (Lipinski definition) is 3. The lowest BCUT2D eigenvalue weighted by molar-refractivity contribution is -0.177. The van der Waals surface area contributed by atoms with Gasteiger partial charge in [0.1, 0.15) is 6.10 Å². The van der Waals surface area contributed by atoms with E-state index in [9.17, 15) is 9.90 Å². The zero-order valence-corrected chi connectivity index (χ0v) is 12.0. The molecule has 7 heteroatoms. The number of likely N-dealkylation sites (tertiary alicyclic amines) is 1. The first-order chi connectivity index (χ1) is 10.2. The van der Waals surface area contributed by atoms with Crippen LogP contribution in [0.2, 0.25) is 0 Å². The quantitative estimate of drug-likeness (QED) is 0.605. The molecule has 118 valence electrons. The maximum Gasteiger partial charge on any atom is 0.315 e. The van der Waals surface area contributed by atoms with E-state index in [-0.39, 0.29) is 18.2 Å². The lowest BCUT2D eigenvalue weighted by Gasteiger charge is -2.42. The molecule has 0 aromatic carbocycles. The number of carbonyl (C=O) groups is 1. The summed E-state index contributed by atoms with van der Waals surface area (Å²) in [7, 11) is 0. The Bertz CT molecular complexity index is 398. The Labute approximate surface area is 124 Å². The van der Waals surface area contributed by atoms with Crippen molar-refractivity contribution >= 4 is 6.03 Å². The number of fused-ring (bicyclic) bond motifs is 2. The van der Waals surface area contributed by atoms with Gasteiger partial charge < -0.3 is 25.2 Å². The number of aliphatic hydroxyl groups is 1. The number of urea groups is 1. The molecular formula is C14H23N3O4. The van der Waals surface area contributed by atoms with Gasteiger partial charge in [-0.2, -0.15) is 0 Å². The Hall–Kier alpha value is -1.15. The van der Waals surface area contributed by atoms with Crippen molar-refractivity contribution < 1.29 is 19.4 Å². The first-order valence-corrected chi connectivity index (χ1v) is 7.55. The second-order valence-corrected chi connectivity index (χ2v) is 5.77. The number of nitrogens with zero attached hydrogens (tertiary/aromatic N) is 1. The van der Waals surface area contributed by atoms with Crippen LogP contribution >= 0.6 is 0 Å². The third kappa shape index (κ3) is 2.91. The zero-order valence-electron chi connectivity index (χ0n) is 12.0. The second kappa shape index (κ2) is 6.31. The Kier molecular flexibility index (Phi) is 4.44. The number of aliphatic hydroxyl groups excluding tert-OH is 1. The van der Waals surface area contributed by atoms with Crippen molar-refractivity contribution in [1.82, 2.24) is 15.5 Å². The lowest BCUT2D eigenvalue weighted by atomic mass is 9.95. The molecule has 3 rings (SSSR count). The molecule has 0 aromatic rings. The summed E-state index contributed by atoms with van der Waals surface area (Å²) in [5.74, 6) is 0. The number of nitrogens with one attached hydrogen (secondary N) is 2. The minimum atomic E-state index is -0.691. The Morgan fingerprint density at radius 3 is 2.90 bits per heavy atom. The van der Waals surface area contributed by atoms with Gasteiger partial charge in [-0.25, -0.2) is 4.79 Å². The van der Waals surface area contributed by atoms with E-state index in [4.69, 9.17) is 9.47 Å². The van der Waals surface area contributed by atoms with Crippen molar-refractivity contribution in [3.8, 4) is 0 Å². The standard InChI is InChI=1S/C14H23N3O4/c1-2-5-15-14(19)16-10-9-8-20-13(21-9)11(12(10)18)17-6-3-4-7-17/h2,9-13,18H,1,3-8H2,(H2,15,16,19). The van der Waals surface area contributed by atoms with Crippen LogP contribution in [0.3, 0.4) is 0 Å². The van der Waals surface area contributed by atoms with Gasteiger partial charge in [0.15, 0.2) is 6.29 Å². The van der Waals surface area contributed by atoms with Gasteiger partial charge in [0.05, 0.1) is 24.8 Å². The van der Waals surface area contributed by atoms with E-state index in [0.29, 0.717) is 13.2 Å². The molecule has 21 heavy (non-hydrogen) atoms. The fourth-order valence-electron chi connectivity index (χ4n) is 3.37. The van der Waals surface area contributed by atoms with Crippen molar-refractivity contribution in [2.75, 3.05) is 26.2 Å². The highest BCUT2D eigenvalue weighted by Crippen LogP contribution is 2.32. The van der Waals surface area contributed by atoms with Gasteiger partial charge in [-0.3, -0.25) is 4.90 Å². The fraction of sp³-hybridized carbons (Fsp3) is 0.786. The van der Waals surface area contributed by atoms with Crippen molar-refractivity contribution in [2.24, 2.45) is 0 Å². The summed E-state index contributed by atoms with van der Waals surface area (Å²) in [5, 5.41) is 16.1. The monoisotopic (exact) mass is 297 g/mol. The maximum atomic E-state index is 11.8. The Morgan fingerprint density at radius 1 is 1.43 bits per heavy atom. The van der Waals surface area contributed by atoms with Crippen LogP contribution in [0.25, 0.3) is 0 Å². The molecule has 3 aliphatic rings. The number of carbonyl (C=O) groups excluding carboxylic acids is 1. The summed E-state index contributed by atoms with van der Waals surface area (Å²) in [6.45, 7) is 6.21. The molecule has 2 bridgehead atoms. The van der Waals surface area contributed by atoms with Gasteiger partial charge in [0.2, 0.25) is 0 Å². The smallest absolute Gasteiger partial charge is 0.315 e. The molecule has 7 nitrogen and oxygen atoms in total. The van der Waals surface area contributed by atoms with E-state index >= 15 is 0 Å². The van der Waals surface area contributed by atoms with Gasteiger partial charge in [-0.15, -0.1) is 6.58 Å². The second-order valence-electron chi connectivity index (χ2n) is 5.77. The summed E-state index contributed by atoms with van der Waals surface area (Å²) in [5.41, 5.74) is 0. The molecule has 3 saturated heterocycles. The number of amides is 2. The summed E-state index contributed by atoms with van der Waals surface area (Å²) < 4.78 is 11.5. The van der Waals surface area contributed by atoms with Crippen molar-refractivity contribution in [3.63, 3.8) is 0 Å². The molecule has 3 heterocycles. The van der Waals surface area contributed by atoms with Gasteiger partial charge in [0.25, 0.3) is 0 Å². The van der Waals surface area contributed by atoms with E-state index in [0.717, 1.165) is 25.9 Å². The van der Waals surface area contributed by atoms with Crippen LogP contribution in [0, 0.1) is 0 Å². The molecule has 0 saturated carbocycles.